The van der Waals surface area contributed by atoms with E-state index in [1.165, 1.54) is 16.4 Å². The molecule has 0 radical (unpaired) electrons. The number of sulfonamides is 1. The number of rotatable bonds is 7. The summed E-state index contributed by atoms with van der Waals surface area (Å²) in [6, 6.07) is 4.14. The van der Waals surface area contributed by atoms with Gasteiger partial charge in [-0.1, -0.05) is 20.8 Å². The lowest BCUT2D eigenvalue weighted by Crippen LogP contribution is -2.46. The third-order valence-corrected chi connectivity index (χ3v) is 8.69. The van der Waals surface area contributed by atoms with Crippen LogP contribution >= 0.6 is 0 Å². The van der Waals surface area contributed by atoms with Gasteiger partial charge >= 0.3 is 0 Å². The minimum Gasteiger partial charge on any atom is -0.366 e. The van der Waals surface area contributed by atoms with Crippen LogP contribution in [-0.2, 0) is 14.8 Å². The minimum atomic E-state index is -3.78. The largest absolute Gasteiger partial charge is 0.366 e. The number of nitro benzene ring substituents is 1. The molecule has 9 nitrogen and oxygen atoms in total. The number of benzene rings is 1. The molecule has 2 heterocycles. The number of nitro groups is 1. The van der Waals surface area contributed by atoms with Gasteiger partial charge in [0.05, 0.1) is 9.82 Å². The zero-order chi connectivity index (χ0) is 23.5. The van der Waals surface area contributed by atoms with Gasteiger partial charge in [0.25, 0.3) is 5.69 Å². The van der Waals surface area contributed by atoms with Crippen molar-refractivity contribution in [3.8, 4) is 0 Å². The Morgan fingerprint density at radius 2 is 1.81 bits per heavy atom. The summed E-state index contributed by atoms with van der Waals surface area (Å²) < 4.78 is 26.9. The first-order valence-electron chi connectivity index (χ1n) is 11.5. The van der Waals surface area contributed by atoms with Crippen LogP contribution in [0.3, 0.4) is 0 Å². The zero-order valence-electron chi connectivity index (χ0n) is 19.2. The third kappa shape index (κ3) is 5.06. The summed E-state index contributed by atoms with van der Waals surface area (Å²) in [6.07, 6.45) is 3.48. The summed E-state index contributed by atoms with van der Waals surface area (Å²) in [5.74, 6) is 0.672. The lowest BCUT2D eigenvalue weighted by atomic mass is 9.92. The molecule has 3 rings (SSSR count). The average molecular weight is 467 g/mol. The Labute approximate surface area is 190 Å². The maximum absolute atomic E-state index is 12.9. The molecule has 0 N–H and O–H groups in total. The van der Waals surface area contributed by atoms with Crippen molar-refractivity contribution in [1.29, 1.82) is 0 Å². The Morgan fingerprint density at radius 3 is 2.38 bits per heavy atom. The predicted molar refractivity (Wildman–Crippen MR) is 123 cm³/mol. The summed E-state index contributed by atoms with van der Waals surface area (Å²) in [5, 5.41) is 11.8. The molecule has 178 valence electrons. The standard InChI is InChI=1S/C22H34N4O5S/c1-4-25(5-2)32(30,31)19-8-9-20(21(15-19)26(28)29)23-13-10-18(11-14-23)22(27)24-12-6-7-17(3)16-24/h8-9,15,17-18H,4-7,10-14,16H2,1-3H3. The fraction of sp³-hybridized carbons (Fsp3) is 0.682. The molecule has 1 unspecified atom stereocenters. The Bertz CT molecular complexity index is 940. The highest BCUT2D eigenvalue weighted by molar-refractivity contribution is 7.89. The van der Waals surface area contributed by atoms with Crippen LogP contribution in [0.25, 0.3) is 0 Å². The van der Waals surface area contributed by atoms with Gasteiger partial charge in [-0.15, -0.1) is 0 Å². The molecule has 1 atom stereocenters. The SMILES string of the molecule is CCN(CC)S(=O)(=O)c1ccc(N2CCC(C(=O)N3CCCC(C)C3)CC2)c([N+](=O)[O-])c1. The number of hydrogen-bond donors (Lipinski definition) is 0. The minimum absolute atomic E-state index is 0.0575. The van der Waals surface area contributed by atoms with Crippen LogP contribution in [0.1, 0.15) is 46.5 Å². The lowest BCUT2D eigenvalue weighted by Gasteiger charge is -2.37. The molecule has 1 amide bonds. The first-order valence-corrected chi connectivity index (χ1v) is 12.9. The summed E-state index contributed by atoms with van der Waals surface area (Å²) in [5.41, 5.74) is 0.193. The molecule has 0 aliphatic carbocycles. The van der Waals surface area contributed by atoms with Gasteiger partial charge in [-0.25, -0.2) is 8.42 Å². The number of carbonyl (C=O) groups is 1. The quantitative estimate of drug-likeness (QED) is 0.452. The third-order valence-electron chi connectivity index (χ3n) is 6.64. The molecular formula is C22H34N4O5S. The monoisotopic (exact) mass is 466 g/mol. The van der Waals surface area contributed by atoms with E-state index in [4.69, 9.17) is 0 Å². The number of piperidine rings is 2. The molecule has 32 heavy (non-hydrogen) atoms. The van der Waals surface area contributed by atoms with Crippen LogP contribution in [0.4, 0.5) is 11.4 Å². The average Bonchev–Trinajstić information content (AvgIpc) is 2.79. The first-order chi connectivity index (χ1) is 15.2. The van der Waals surface area contributed by atoms with E-state index in [0.717, 1.165) is 32.0 Å². The van der Waals surface area contributed by atoms with E-state index >= 15 is 0 Å². The van der Waals surface area contributed by atoms with Gasteiger partial charge in [0.2, 0.25) is 15.9 Å². The van der Waals surface area contributed by atoms with Gasteiger partial charge < -0.3 is 9.80 Å². The number of carbonyl (C=O) groups excluding carboxylic acids is 1. The van der Waals surface area contributed by atoms with E-state index in [1.807, 2.05) is 9.80 Å². The summed E-state index contributed by atoms with van der Waals surface area (Å²) in [6.45, 7) is 8.93. The topological polar surface area (TPSA) is 104 Å². The van der Waals surface area contributed by atoms with Crippen LogP contribution in [0.15, 0.2) is 23.1 Å². The molecule has 0 saturated carbocycles. The fourth-order valence-electron chi connectivity index (χ4n) is 4.81. The van der Waals surface area contributed by atoms with Crippen LogP contribution in [0, 0.1) is 22.0 Å². The second-order valence-corrected chi connectivity index (χ2v) is 10.7. The van der Waals surface area contributed by atoms with Crippen LogP contribution in [0.2, 0.25) is 0 Å². The zero-order valence-corrected chi connectivity index (χ0v) is 20.0. The van der Waals surface area contributed by atoms with Crippen LogP contribution in [0.5, 0.6) is 0 Å². The molecule has 1 aromatic carbocycles. The van der Waals surface area contributed by atoms with Gasteiger partial charge in [0, 0.05) is 51.3 Å². The van der Waals surface area contributed by atoms with Crippen molar-refractivity contribution in [2.75, 3.05) is 44.2 Å². The van der Waals surface area contributed by atoms with Crippen molar-refractivity contribution in [3.05, 3.63) is 28.3 Å². The molecule has 2 fully saturated rings. The van der Waals surface area contributed by atoms with E-state index < -0.39 is 14.9 Å². The van der Waals surface area contributed by atoms with Gasteiger partial charge in [0.1, 0.15) is 5.69 Å². The number of amides is 1. The molecule has 0 aromatic heterocycles. The Hall–Kier alpha value is -2.20. The first kappa shape index (κ1) is 24.4. The lowest BCUT2D eigenvalue weighted by molar-refractivity contribution is -0.384. The number of nitrogens with zero attached hydrogens (tertiary/aromatic N) is 4. The second kappa shape index (κ2) is 10.2. The molecule has 10 heteroatoms. The maximum Gasteiger partial charge on any atom is 0.293 e. The Balaban J connectivity index is 1.75. The Kier molecular flexibility index (Phi) is 7.76. The van der Waals surface area contributed by atoms with Gasteiger partial charge in [-0.05, 0) is 43.7 Å². The van der Waals surface area contributed by atoms with Crippen molar-refractivity contribution < 1.29 is 18.1 Å². The molecule has 2 saturated heterocycles. The highest BCUT2D eigenvalue weighted by Gasteiger charge is 2.33. The Morgan fingerprint density at radius 1 is 1.16 bits per heavy atom. The normalized spacial score (nSPS) is 20.6. The number of hydrogen-bond acceptors (Lipinski definition) is 6. The number of likely N-dealkylation sites (tertiary alicyclic amines) is 1. The van der Waals surface area contributed by atoms with Crippen molar-refractivity contribution >= 4 is 27.3 Å². The smallest absolute Gasteiger partial charge is 0.293 e. The van der Waals surface area contributed by atoms with Crippen LogP contribution in [-0.4, -0.2) is 67.7 Å². The van der Waals surface area contributed by atoms with Gasteiger partial charge in [-0.3, -0.25) is 14.9 Å². The molecular weight excluding hydrogens is 432 g/mol. The van der Waals surface area contributed by atoms with Gasteiger partial charge in [0.15, 0.2) is 0 Å². The molecule has 0 bridgehead atoms. The van der Waals surface area contributed by atoms with Crippen LogP contribution < -0.4 is 4.90 Å². The summed E-state index contributed by atoms with van der Waals surface area (Å²) >= 11 is 0. The van der Waals surface area contributed by atoms with E-state index in [0.29, 0.717) is 50.6 Å². The summed E-state index contributed by atoms with van der Waals surface area (Å²) in [4.78, 5) is 28.0. The maximum atomic E-state index is 12.9. The van der Waals surface area contributed by atoms with E-state index in [1.54, 1.807) is 13.8 Å². The van der Waals surface area contributed by atoms with Crippen molar-refractivity contribution in [3.63, 3.8) is 0 Å². The predicted octanol–water partition coefficient (Wildman–Crippen LogP) is 3.10. The molecule has 0 spiro atoms. The highest BCUT2D eigenvalue weighted by Crippen LogP contribution is 2.35. The van der Waals surface area contributed by atoms with Crippen molar-refractivity contribution in [2.45, 2.75) is 51.3 Å². The highest BCUT2D eigenvalue weighted by atomic mass is 32.2. The van der Waals surface area contributed by atoms with E-state index in [9.17, 15) is 23.3 Å². The van der Waals surface area contributed by atoms with E-state index in [-0.39, 0.29) is 22.4 Å². The number of anilines is 1. The van der Waals surface area contributed by atoms with Gasteiger partial charge in [-0.2, -0.15) is 4.31 Å². The van der Waals surface area contributed by atoms with E-state index in [2.05, 4.69) is 6.92 Å². The van der Waals surface area contributed by atoms with Crippen molar-refractivity contribution in [1.82, 2.24) is 9.21 Å². The molecule has 1 aromatic rings. The summed E-state index contributed by atoms with van der Waals surface area (Å²) in [7, 11) is -3.78. The molecule has 2 aliphatic heterocycles. The fourth-order valence-corrected chi connectivity index (χ4v) is 6.28. The van der Waals surface area contributed by atoms with Crippen molar-refractivity contribution in [2.24, 2.45) is 11.8 Å². The second-order valence-electron chi connectivity index (χ2n) is 8.79. The molecule has 2 aliphatic rings.